The number of allylic oxidation sites excluding steroid dienone is 1. The lowest BCUT2D eigenvalue weighted by Gasteiger charge is -2.37. The molecule has 0 amide bonds. The van der Waals surface area contributed by atoms with Gasteiger partial charge in [-0.15, -0.1) is 0 Å². The monoisotopic (exact) mass is 531 g/mol. The Kier molecular flexibility index (Phi) is 9.20. The summed E-state index contributed by atoms with van der Waals surface area (Å²) in [4.78, 5) is 0.354. The highest BCUT2D eigenvalue weighted by Gasteiger charge is 2.38. The fourth-order valence-corrected chi connectivity index (χ4v) is 7.36. The molecule has 0 fully saturated rings. The van der Waals surface area contributed by atoms with Gasteiger partial charge in [-0.3, -0.25) is 0 Å². The number of halogens is 3. The number of hydrogen-bond donors (Lipinski definition) is 0. The Labute approximate surface area is 212 Å². The van der Waals surface area contributed by atoms with E-state index in [9.17, 15) is 17.4 Å². The van der Waals surface area contributed by atoms with Gasteiger partial charge < -0.3 is 4.43 Å². The van der Waals surface area contributed by atoms with Crippen LogP contribution >= 0.6 is 0 Å². The van der Waals surface area contributed by atoms with Gasteiger partial charge in [-0.2, -0.15) is 13.2 Å². The quantitative estimate of drug-likeness (QED) is 0.248. The lowest BCUT2D eigenvalue weighted by molar-refractivity contribution is -0.137. The molecule has 3 nitrogen and oxygen atoms in total. The minimum Gasteiger partial charge on any atom is -0.415 e. The third-order valence-electron chi connectivity index (χ3n) is 7.34. The molecular weight excluding hydrogens is 487 g/mol. The van der Waals surface area contributed by atoms with E-state index < -0.39 is 29.8 Å². The number of alkyl halides is 3. The number of hydrogen-bond acceptors (Lipinski definition) is 3. The topological polar surface area (TPSA) is 38.7 Å². The first-order valence-corrected chi connectivity index (χ1v) is 17.1. The van der Waals surface area contributed by atoms with Crippen LogP contribution in [0.5, 0.6) is 0 Å². The minimum atomic E-state index is -4.44. The molecule has 0 heterocycles. The fraction of sp³-hybridized carbons (Fsp3) is 0.704. The summed E-state index contributed by atoms with van der Waals surface area (Å²) in [7, 11) is -5.05. The molecule has 0 aliphatic heterocycles. The summed E-state index contributed by atoms with van der Waals surface area (Å²) in [5.41, 5.74) is 0.335. The Hall–Kier alpha value is -1.12. The second-order valence-electron chi connectivity index (χ2n) is 12.4. The lowest BCUT2D eigenvalue weighted by atomic mass is 9.80. The van der Waals surface area contributed by atoms with Crippen LogP contribution in [0.3, 0.4) is 0 Å². The van der Waals surface area contributed by atoms with E-state index in [2.05, 4.69) is 53.8 Å². The standard InChI is InChI=1S/C27H44F3NO2SSi/c1-20(2)24(18-33-35(8,9)25(3,4)5)31-34(32,19-21-11-10-16-26(6,7)17-21)23-14-12-22(13-15-23)27(28,29)30/h12-15,17,20,24H,10-11,16,18-19H2,1-9H3/t24-,34-/m0/s1. The van der Waals surface area contributed by atoms with E-state index >= 15 is 0 Å². The van der Waals surface area contributed by atoms with Crippen molar-refractivity contribution in [2.75, 3.05) is 12.4 Å². The summed E-state index contributed by atoms with van der Waals surface area (Å²) in [6.45, 7) is 19.6. The Morgan fingerprint density at radius 2 is 1.69 bits per heavy atom. The smallest absolute Gasteiger partial charge is 0.415 e. The normalized spacial score (nSPS) is 19.7. The first-order chi connectivity index (χ1) is 15.8. The van der Waals surface area contributed by atoms with Gasteiger partial charge in [0.15, 0.2) is 8.32 Å². The molecule has 1 aliphatic rings. The highest BCUT2D eigenvalue weighted by molar-refractivity contribution is 7.93. The first-order valence-electron chi connectivity index (χ1n) is 12.5. The summed E-state index contributed by atoms with van der Waals surface area (Å²) >= 11 is 0. The third-order valence-corrected chi connectivity index (χ3v) is 14.2. The number of rotatable bonds is 8. The van der Waals surface area contributed by atoms with Crippen LogP contribution in [0.25, 0.3) is 0 Å². The predicted molar refractivity (Wildman–Crippen MR) is 143 cm³/mol. The van der Waals surface area contributed by atoms with Gasteiger partial charge in [-0.05, 0) is 73.0 Å². The van der Waals surface area contributed by atoms with Crippen molar-refractivity contribution in [1.29, 1.82) is 0 Å². The van der Waals surface area contributed by atoms with E-state index in [1.54, 1.807) is 0 Å². The summed E-state index contributed by atoms with van der Waals surface area (Å²) in [6, 6.07) is 4.39. The van der Waals surface area contributed by atoms with Crippen LogP contribution < -0.4 is 0 Å². The van der Waals surface area contributed by atoms with Crippen molar-refractivity contribution in [1.82, 2.24) is 0 Å². The molecule has 0 aromatic heterocycles. The van der Waals surface area contributed by atoms with Crippen molar-refractivity contribution in [3.63, 3.8) is 0 Å². The van der Waals surface area contributed by atoms with Gasteiger partial charge in [0.1, 0.15) is 0 Å². The summed E-state index contributed by atoms with van der Waals surface area (Å²) in [5.74, 6) is 0.317. The molecule has 0 spiro atoms. The van der Waals surface area contributed by atoms with Gasteiger partial charge in [0.25, 0.3) is 0 Å². The van der Waals surface area contributed by atoms with E-state index in [0.29, 0.717) is 11.5 Å². The Bertz CT molecular complexity index is 1010. The maximum atomic E-state index is 14.5. The van der Waals surface area contributed by atoms with Crippen LogP contribution in [0.2, 0.25) is 18.1 Å². The number of nitrogens with zero attached hydrogens (tertiary/aromatic N) is 1. The molecule has 0 bridgehead atoms. The molecule has 8 heteroatoms. The van der Waals surface area contributed by atoms with Gasteiger partial charge in [-0.1, -0.05) is 60.1 Å². The van der Waals surface area contributed by atoms with Crippen LogP contribution in [0.1, 0.15) is 73.3 Å². The summed E-state index contributed by atoms with van der Waals surface area (Å²) in [5, 5.41) is 0.0296. The average Bonchev–Trinajstić information content (AvgIpc) is 2.68. The van der Waals surface area contributed by atoms with E-state index in [0.717, 1.165) is 37.0 Å². The van der Waals surface area contributed by atoms with Crippen molar-refractivity contribution < 1.29 is 21.8 Å². The van der Waals surface area contributed by atoms with E-state index in [1.807, 2.05) is 13.8 Å². The molecule has 1 aromatic rings. The molecule has 200 valence electrons. The molecule has 1 aromatic carbocycles. The van der Waals surface area contributed by atoms with Crippen LogP contribution in [-0.2, 0) is 20.3 Å². The van der Waals surface area contributed by atoms with E-state index in [1.165, 1.54) is 12.1 Å². The third kappa shape index (κ3) is 8.19. The molecule has 2 rings (SSSR count). The zero-order valence-electron chi connectivity index (χ0n) is 22.9. The Balaban J connectivity index is 2.54. The van der Waals surface area contributed by atoms with Crippen LogP contribution in [-0.4, -0.2) is 30.9 Å². The highest BCUT2D eigenvalue weighted by Crippen LogP contribution is 2.38. The molecular formula is C27H44F3NO2SSi. The maximum Gasteiger partial charge on any atom is 0.416 e. The Morgan fingerprint density at radius 3 is 2.14 bits per heavy atom. The van der Waals surface area contributed by atoms with Crippen LogP contribution in [0, 0.1) is 11.3 Å². The molecule has 2 atom stereocenters. The van der Waals surface area contributed by atoms with E-state index in [-0.39, 0.29) is 28.2 Å². The van der Waals surface area contributed by atoms with Crippen molar-refractivity contribution >= 4 is 18.0 Å². The molecule has 0 saturated heterocycles. The van der Waals surface area contributed by atoms with Crippen molar-refractivity contribution in [2.24, 2.45) is 15.7 Å². The largest absolute Gasteiger partial charge is 0.416 e. The van der Waals surface area contributed by atoms with E-state index in [4.69, 9.17) is 8.79 Å². The second kappa shape index (κ2) is 10.7. The van der Waals surface area contributed by atoms with Crippen LogP contribution in [0.4, 0.5) is 13.2 Å². The fourth-order valence-electron chi connectivity index (χ4n) is 3.94. The average molecular weight is 532 g/mol. The molecule has 35 heavy (non-hydrogen) atoms. The molecule has 0 radical (unpaired) electrons. The van der Waals surface area contributed by atoms with Crippen molar-refractivity contribution in [2.45, 2.75) is 103 Å². The first kappa shape index (κ1) is 30.1. The van der Waals surface area contributed by atoms with Gasteiger partial charge in [-0.25, -0.2) is 8.57 Å². The minimum absolute atomic E-state index is 0.0109. The molecule has 0 unspecified atom stereocenters. The summed E-state index contributed by atoms with van der Waals surface area (Å²) in [6.07, 6.45) is 0.646. The van der Waals surface area contributed by atoms with Gasteiger partial charge in [0, 0.05) is 4.90 Å². The van der Waals surface area contributed by atoms with Gasteiger partial charge in [0.2, 0.25) is 0 Å². The predicted octanol–water partition coefficient (Wildman–Crippen LogP) is 8.72. The second-order valence-corrected chi connectivity index (χ2v) is 19.5. The number of benzene rings is 1. The van der Waals surface area contributed by atoms with Crippen molar-refractivity contribution in [3.8, 4) is 0 Å². The SMILES string of the molecule is CC(C)[C@H](CO[Si](C)(C)C(C)(C)C)N=[S@](=O)(CC1=CC(C)(C)CCC1)c1ccc(C(F)(F)F)cc1. The Morgan fingerprint density at radius 1 is 1.11 bits per heavy atom. The van der Waals surface area contributed by atoms with Gasteiger partial charge >= 0.3 is 6.18 Å². The zero-order valence-corrected chi connectivity index (χ0v) is 24.7. The summed E-state index contributed by atoms with van der Waals surface area (Å²) < 4.78 is 65.4. The molecule has 0 N–H and O–H groups in total. The molecule has 1 aliphatic carbocycles. The maximum absolute atomic E-state index is 14.5. The van der Waals surface area contributed by atoms with Crippen LogP contribution in [0.15, 0.2) is 45.2 Å². The molecule has 0 saturated carbocycles. The van der Waals surface area contributed by atoms with Gasteiger partial charge in [0.05, 0.1) is 33.7 Å². The highest BCUT2D eigenvalue weighted by atomic mass is 32.2. The zero-order chi connectivity index (χ0) is 26.9. The van der Waals surface area contributed by atoms with Crippen molar-refractivity contribution in [3.05, 3.63) is 41.5 Å². The lowest BCUT2D eigenvalue weighted by Crippen LogP contribution is -2.43.